The van der Waals surface area contributed by atoms with Crippen LogP contribution in [0, 0.1) is 0 Å². The predicted octanol–water partition coefficient (Wildman–Crippen LogP) is 4.39. The molecular weight excluding hydrogens is 416 g/mol. The third-order valence-electron chi connectivity index (χ3n) is 5.89. The van der Waals surface area contributed by atoms with E-state index in [1.807, 2.05) is 44.7 Å². The normalized spacial score (nSPS) is 23.7. The van der Waals surface area contributed by atoms with Gasteiger partial charge in [0.05, 0.1) is 19.3 Å². The highest BCUT2D eigenvalue weighted by molar-refractivity contribution is 6.30. The number of benzene rings is 1. The summed E-state index contributed by atoms with van der Waals surface area (Å²) in [6, 6.07) is 8.81. The summed E-state index contributed by atoms with van der Waals surface area (Å²) in [5.41, 5.74) is 0.798. The summed E-state index contributed by atoms with van der Waals surface area (Å²) < 4.78 is 17.3. The van der Waals surface area contributed by atoms with Crippen molar-refractivity contribution in [3.8, 4) is 0 Å². The van der Waals surface area contributed by atoms with Crippen molar-refractivity contribution in [1.29, 1.82) is 0 Å². The molecular formula is C24H37ClN2O4. The molecule has 31 heavy (non-hydrogen) atoms. The first-order valence-electron chi connectivity index (χ1n) is 11.4. The minimum atomic E-state index is -0.464. The number of nitrogens with zero attached hydrogens (tertiary/aromatic N) is 2. The molecule has 7 heteroatoms. The van der Waals surface area contributed by atoms with Gasteiger partial charge in [-0.15, -0.1) is 0 Å². The van der Waals surface area contributed by atoms with Crippen LogP contribution < -0.4 is 0 Å². The molecule has 2 fully saturated rings. The summed E-state index contributed by atoms with van der Waals surface area (Å²) in [6.07, 6.45) is 2.69. The number of likely N-dealkylation sites (tertiary alicyclic amines) is 1. The first kappa shape index (κ1) is 24.3. The second-order valence-electron chi connectivity index (χ2n) is 9.49. The predicted molar refractivity (Wildman–Crippen MR) is 123 cm³/mol. The van der Waals surface area contributed by atoms with Gasteiger partial charge < -0.3 is 19.1 Å². The first-order chi connectivity index (χ1) is 14.7. The highest BCUT2D eigenvalue weighted by Crippen LogP contribution is 2.26. The summed E-state index contributed by atoms with van der Waals surface area (Å²) in [4.78, 5) is 16.9. The molecule has 2 unspecified atom stereocenters. The van der Waals surface area contributed by atoms with Gasteiger partial charge >= 0.3 is 6.09 Å². The average molecular weight is 453 g/mol. The molecule has 1 amide bonds. The molecule has 6 nitrogen and oxygen atoms in total. The van der Waals surface area contributed by atoms with E-state index in [2.05, 4.69) is 17.0 Å². The summed E-state index contributed by atoms with van der Waals surface area (Å²) in [6.45, 7) is 12.0. The highest BCUT2D eigenvalue weighted by Gasteiger charge is 2.36. The molecule has 2 atom stereocenters. The Morgan fingerprint density at radius 2 is 1.87 bits per heavy atom. The van der Waals surface area contributed by atoms with Crippen molar-refractivity contribution in [1.82, 2.24) is 9.80 Å². The van der Waals surface area contributed by atoms with Crippen LogP contribution in [-0.2, 0) is 20.6 Å². The number of piperidine rings is 1. The number of hydrogen-bond donors (Lipinski definition) is 0. The molecule has 1 aromatic carbocycles. The summed E-state index contributed by atoms with van der Waals surface area (Å²) >= 11 is 6.06. The van der Waals surface area contributed by atoms with Gasteiger partial charge in [0.15, 0.2) is 0 Å². The van der Waals surface area contributed by atoms with Gasteiger partial charge in [-0.05, 0) is 64.7 Å². The van der Waals surface area contributed by atoms with Gasteiger partial charge in [0.2, 0.25) is 0 Å². The van der Waals surface area contributed by atoms with Gasteiger partial charge in [-0.25, -0.2) is 4.79 Å². The summed E-state index contributed by atoms with van der Waals surface area (Å²) in [5, 5.41) is 0.756. The Bertz CT molecular complexity index is 699. The number of amides is 1. The van der Waals surface area contributed by atoms with Crippen molar-refractivity contribution in [3.63, 3.8) is 0 Å². The third-order valence-corrected chi connectivity index (χ3v) is 6.14. The van der Waals surface area contributed by atoms with Gasteiger partial charge in [-0.3, -0.25) is 4.90 Å². The van der Waals surface area contributed by atoms with Gasteiger partial charge in [0.25, 0.3) is 0 Å². The maximum atomic E-state index is 12.4. The summed E-state index contributed by atoms with van der Waals surface area (Å²) in [7, 11) is 0. The molecule has 0 saturated carbocycles. The average Bonchev–Trinajstić information content (AvgIpc) is 2.73. The number of ether oxygens (including phenoxy) is 3. The van der Waals surface area contributed by atoms with Crippen molar-refractivity contribution >= 4 is 17.7 Å². The molecule has 0 aliphatic carbocycles. The SMILES string of the molecule is CCOCC1CN(C2CCN(C(=O)OC(C)(C)C)CC2)C(Cc2ccc(Cl)cc2)CO1. The van der Waals surface area contributed by atoms with Crippen molar-refractivity contribution < 1.29 is 19.0 Å². The van der Waals surface area contributed by atoms with Crippen LogP contribution in [0.5, 0.6) is 0 Å². The lowest BCUT2D eigenvalue weighted by Gasteiger charge is -2.46. The van der Waals surface area contributed by atoms with Gasteiger partial charge in [0, 0.05) is 43.3 Å². The fourth-order valence-corrected chi connectivity index (χ4v) is 4.48. The van der Waals surface area contributed by atoms with Crippen LogP contribution in [0.25, 0.3) is 0 Å². The molecule has 0 bridgehead atoms. The van der Waals surface area contributed by atoms with Crippen molar-refractivity contribution in [2.75, 3.05) is 39.5 Å². The standard InChI is InChI=1S/C24H37ClN2O4/c1-5-29-17-22-15-27(21(16-30-22)14-18-6-8-19(25)9-7-18)20-10-12-26(13-11-20)23(28)31-24(2,3)4/h6-9,20-22H,5,10-17H2,1-4H3. The first-order valence-corrected chi connectivity index (χ1v) is 11.8. The molecule has 1 aromatic rings. The Hall–Kier alpha value is -1.34. The van der Waals surface area contributed by atoms with E-state index in [0.29, 0.717) is 31.9 Å². The van der Waals surface area contributed by atoms with Crippen molar-refractivity contribution in [3.05, 3.63) is 34.9 Å². The van der Waals surface area contributed by atoms with Crippen molar-refractivity contribution in [2.24, 2.45) is 0 Å². The quantitative estimate of drug-likeness (QED) is 0.640. The van der Waals surface area contributed by atoms with Gasteiger partial charge in [-0.2, -0.15) is 0 Å². The Labute approximate surface area is 191 Å². The van der Waals surface area contributed by atoms with Crippen LogP contribution in [-0.4, -0.2) is 79.1 Å². The number of halogens is 1. The van der Waals surface area contributed by atoms with E-state index in [0.717, 1.165) is 43.9 Å². The topological polar surface area (TPSA) is 51.2 Å². The minimum absolute atomic E-state index is 0.0882. The zero-order valence-electron chi connectivity index (χ0n) is 19.3. The smallest absolute Gasteiger partial charge is 0.410 e. The molecule has 174 valence electrons. The van der Waals surface area contributed by atoms with Crippen LogP contribution in [0.3, 0.4) is 0 Å². The lowest BCUT2D eigenvalue weighted by atomic mass is 9.96. The van der Waals surface area contributed by atoms with Crippen LogP contribution in [0.1, 0.15) is 46.1 Å². The second kappa shape index (κ2) is 11.0. The van der Waals surface area contributed by atoms with E-state index in [-0.39, 0.29) is 12.2 Å². The monoisotopic (exact) mass is 452 g/mol. The maximum Gasteiger partial charge on any atom is 0.410 e. The third kappa shape index (κ3) is 7.35. The molecule has 0 spiro atoms. The molecule has 0 N–H and O–H groups in total. The van der Waals surface area contributed by atoms with E-state index >= 15 is 0 Å². The lowest BCUT2D eigenvalue weighted by Crippen LogP contribution is -2.58. The van der Waals surface area contributed by atoms with E-state index in [9.17, 15) is 4.79 Å². The van der Waals surface area contributed by atoms with Crippen molar-refractivity contribution in [2.45, 2.75) is 70.7 Å². The van der Waals surface area contributed by atoms with E-state index in [4.69, 9.17) is 25.8 Å². The molecule has 2 saturated heterocycles. The lowest BCUT2D eigenvalue weighted by molar-refractivity contribution is -0.110. The second-order valence-corrected chi connectivity index (χ2v) is 9.93. The number of hydrogen-bond acceptors (Lipinski definition) is 5. The molecule has 3 rings (SSSR count). The van der Waals surface area contributed by atoms with Crippen LogP contribution in [0.15, 0.2) is 24.3 Å². The Morgan fingerprint density at radius 3 is 2.48 bits per heavy atom. The Morgan fingerprint density at radius 1 is 1.19 bits per heavy atom. The van der Waals surface area contributed by atoms with E-state index in [1.54, 1.807) is 0 Å². The molecule has 2 aliphatic rings. The maximum absolute atomic E-state index is 12.4. The number of rotatable bonds is 6. The Kier molecular flexibility index (Phi) is 8.62. The fourth-order valence-electron chi connectivity index (χ4n) is 4.35. The fraction of sp³-hybridized carbons (Fsp3) is 0.708. The zero-order valence-corrected chi connectivity index (χ0v) is 20.1. The largest absolute Gasteiger partial charge is 0.444 e. The molecule has 0 aromatic heterocycles. The molecule has 2 heterocycles. The van der Waals surface area contributed by atoms with E-state index < -0.39 is 5.60 Å². The summed E-state index contributed by atoms with van der Waals surface area (Å²) in [5.74, 6) is 0. The van der Waals surface area contributed by atoms with Crippen LogP contribution >= 0.6 is 11.6 Å². The number of morpholine rings is 1. The van der Waals surface area contributed by atoms with E-state index in [1.165, 1.54) is 5.56 Å². The number of carbonyl (C=O) groups is 1. The van der Waals surface area contributed by atoms with Crippen LogP contribution in [0.4, 0.5) is 4.79 Å². The number of carbonyl (C=O) groups excluding carboxylic acids is 1. The zero-order chi connectivity index (χ0) is 22.4. The van der Waals surface area contributed by atoms with Crippen LogP contribution in [0.2, 0.25) is 5.02 Å². The molecule has 2 aliphatic heterocycles. The Balaban J connectivity index is 1.63. The minimum Gasteiger partial charge on any atom is -0.444 e. The highest BCUT2D eigenvalue weighted by atomic mass is 35.5. The molecule has 0 radical (unpaired) electrons. The van der Waals surface area contributed by atoms with Gasteiger partial charge in [0.1, 0.15) is 5.60 Å². The van der Waals surface area contributed by atoms with Gasteiger partial charge in [-0.1, -0.05) is 23.7 Å².